The van der Waals surface area contributed by atoms with E-state index in [1.807, 2.05) is 0 Å². The summed E-state index contributed by atoms with van der Waals surface area (Å²) in [5, 5.41) is 4.16. The predicted molar refractivity (Wildman–Crippen MR) is 116 cm³/mol. The molecule has 2 aromatic carbocycles. The summed E-state index contributed by atoms with van der Waals surface area (Å²) < 4.78 is 54.4. The summed E-state index contributed by atoms with van der Waals surface area (Å²) in [5.41, 5.74) is -0.982. The number of thiophene rings is 1. The maximum absolute atomic E-state index is 14.4. The number of carbonyl (C=O) groups excluding carboxylic acids is 1. The Bertz CT molecular complexity index is 1370. The van der Waals surface area contributed by atoms with E-state index >= 15 is 0 Å². The van der Waals surface area contributed by atoms with Crippen LogP contribution in [0.3, 0.4) is 0 Å². The van der Waals surface area contributed by atoms with Crippen LogP contribution in [0.2, 0.25) is 0 Å². The third kappa shape index (κ3) is 4.53. The third-order valence-corrected chi connectivity index (χ3v) is 6.18. The van der Waals surface area contributed by atoms with Gasteiger partial charge in [-0.2, -0.15) is 13.2 Å². The summed E-state index contributed by atoms with van der Waals surface area (Å²) in [4.78, 5) is 29.7. The first kappa shape index (κ1) is 22.0. The van der Waals surface area contributed by atoms with Crippen LogP contribution in [-0.2, 0) is 11.0 Å². The molecule has 0 unspecified atom stereocenters. The number of para-hydroxylation sites is 1. The number of thioether (sulfide) groups is 1. The molecule has 4 rings (SSSR count). The number of amides is 1. The van der Waals surface area contributed by atoms with Crippen LogP contribution < -0.4 is 10.9 Å². The minimum atomic E-state index is -4.54. The highest BCUT2D eigenvalue weighted by atomic mass is 32.2. The van der Waals surface area contributed by atoms with Crippen molar-refractivity contribution in [2.75, 3.05) is 11.1 Å². The molecular formula is C21H13F4N3O2S2. The average molecular weight is 479 g/mol. The number of halogens is 4. The van der Waals surface area contributed by atoms with Gasteiger partial charge in [-0.3, -0.25) is 14.2 Å². The van der Waals surface area contributed by atoms with Crippen molar-refractivity contribution in [3.63, 3.8) is 0 Å². The summed E-state index contributed by atoms with van der Waals surface area (Å²) in [6, 6.07) is 11.6. The molecule has 0 saturated heterocycles. The lowest BCUT2D eigenvalue weighted by atomic mass is 10.2. The summed E-state index contributed by atoms with van der Waals surface area (Å²) in [7, 11) is 0. The molecule has 1 amide bonds. The fourth-order valence-electron chi connectivity index (χ4n) is 2.93. The van der Waals surface area contributed by atoms with Crippen LogP contribution in [0.1, 0.15) is 5.56 Å². The fraction of sp³-hybridized carbons (Fsp3) is 0.0952. The summed E-state index contributed by atoms with van der Waals surface area (Å²) in [6.07, 6.45) is -4.54. The van der Waals surface area contributed by atoms with E-state index in [2.05, 4.69) is 10.3 Å². The molecule has 2 aromatic heterocycles. The Labute approximate surface area is 186 Å². The largest absolute Gasteiger partial charge is 0.416 e. The van der Waals surface area contributed by atoms with Crippen LogP contribution in [-0.4, -0.2) is 21.2 Å². The van der Waals surface area contributed by atoms with Crippen LogP contribution >= 0.6 is 23.1 Å². The lowest BCUT2D eigenvalue weighted by Gasteiger charge is -2.13. The maximum Gasteiger partial charge on any atom is 0.416 e. The van der Waals surface area contributed by atoms with E-state index < -0.39 is 29.0 Å². The van der Waals surface area contributed by atoms with Gasteiger partial charge in [-0.15, -0.1) is 11.3 Å². The van der Waals surface area contributed by atoms with E-state index in [4.69, 9.17) is 0 Å². The lowest BCUT2D eigenvalue weighted by Crippen LogP contribution is -2.23. The van der Waals surface area contributed by atoms with Crippen LogP contribution in [0.5, 0.6) is 0 Å². The van der Waals surface area contributed by atoms with Gasteiger partial charge in [-0.1, -0.05) is 30.0 Å². The number of hydrogen-bond acceptors (Lipinski definition) is 5. The van der Waals surface area contributed by atoms with Gasteiger partial charge < -0.3 is 5.32 Å². The molecule has 0 saturated carbocycles. The van der Waals surface area contributed by atoms with E-state index in [0.29, 0.717) is 10.2 Å². The zero-order valence-corrected chi connectivity index (χ0v) is 17.7. The Hall–Kier alpha value is -3.18. The van der Waals surface area contributed by atoms with Crippen LogP contribution in [0.4, 0.5) is 23.2 Å². The molecule has 0 radical (unpaired) electrons. The Morgan fingerprint density at radius 3 is 2.66 bits per heavy atom. The van der Waals surface area contributed by atoms with Crippen molar-refractivity contribution in [3.8, 4) is 5.69 Å². The molecule has 0 atom stereocenters. The number of hydrogen-bond donors (Lipinski definition) is 1. The molecule has 4 aromatic rings. The van der Waals surface area contributed by atoms with Crippen LogP contribution in [0, 0.1) is 5.82 Å². The zero-order valence-electron chi connectivity index (χ0n) is 16.0. The minimum absolute atomic E-state index is 0.0129. The number of aromatic nitrogens is 2. The second-order valence-electron chi connectivity index (χ2n) is 6.54. The second kappa shape index (κ2) is 8.75. The van der Waals surface area contributed by atoms with Crippen molar-refractivity contribution in [2.45, 2.75) is 11.3 Å². The SMILES string of the molecule is O=C(CSc1nc2ccsc2c(=O)n1-c1ccccc1F)Nc1cccc(C(F)(F)F)c1. The molecule has 0 aliphatic heterocycles. The summed E-state index contributed by atoms with van der Waals surface area (Å²) in [6.45, 7) is 0. The number of carbonyl (C=O) groups is 1. The number of nitrogens with one attached hydrogen (secondary N) is 1. The van der Waals surface area contributed by atoms with Gasteiger partial charge in [0.05, 0.1) is 22.5 Å². The van der Waals surface area contributed by atoms with Gasteiger partial charge in [-0.05, 0) is 41.8 Å². The van der Waals surface area contributed by atoms with Gasteiger partial charge >= 0.3 is 6.18 Å². The van der Waals surface area contributed by atoms with E-state index in [0.717, 1.165) is 28.5 Å². The number of rotatable bonds is 5. The summed E-state index contributed by atoms with van der Waals surface area (Å²) in [5.74, 6) is -1.50. The van der Waals surface area contributed by atoms with Gasteiger partial charge in [0.2, 0.25) is 5.91 Å². The normalized spacial score (nSPS) is 11.6. The third-order valence-electron chi connectivity index (χ3n) is 4.35. The highest BCUT2D eigenvalue weighted by molar-refractivity contribution is 7.99. The number of nitrogens with zero attached hydrogens (tertiary/aromatic N) is 2. The van der Waals surface area contributed by atoms with Gasteiger partial charge in [-0.25, -0.2) is 9.37 Å². The van der Waals surface area contributed by atoms with Crippen molar-refractivity contribution in [3.05, 3.63) is 81.7 Å². The Morgan fingerprint density at radius 2 is 1.91 bits per heavy atom. The molecule has 0 aliphatic rings. The van der Waals surface area contributed by atoms with E-state index in [1.54, 1.807) is 17.5 Å². The van der Waals surface area contributed by atoms with Gasteiger partial charge in [0.25, 0.3) is 5.56 Å². The van der Waals surface area contributed by atoms with Gasteiger partial charge in [0.1, 0.15) is 10.5 Å². The number of benzene rings is 2. The van der Waals surface area contributed by atoms with Crippen LogP contribution in [0.15, 0.2) is 69.9 Å². The van der Waals surface area contributed by atoms with Crippen molar-refractivity contribution in [1.82, 2.24) is 9.55 Å². The lowest BCUT2D eigenvalue weighted by molar-refractivity contribution is -0.137. The Morgan fingerprint density at radius 1 is 1.12 bits per heavy atom. The molecule has 164 valence electrons. The van der Waals surface area contributed by atoms with Crippen molar-refractivity contribution in [1.29, 1.82) is 0 Å². The Kier molecular flexibility index (Phi) is 6.02. The maximum atomic E-state index is 14.4. The standard InChI is InChI=1S/C21H13F4N3O2S2/c22-14-6-1-2-7-16(14)28-19(30)18-15(8-9-31-18)27-20(28)32-11-17(29)26-13-5-3-4-12(10-13)21(23,24)25/h1-10H,11H2,(H,26,29). The molecule has 11 heteroatoms. The number of anilines is 1. The smallest absolute Gasteiger partial charge is 0.325 e. The van der Waals surface area contributed by atoms with E-state index in [9.17, 15) is 27.2 Å². The van der Waals surface area contributed by atoms with Crippen molar-refractivity contribution >= 4 is 44.9 Å². The van der Waals surface area contributed by atoms with E-state index in [1.165, 1.54) is 41.7 Å². The highest BCUT2D eigenvalue weighted by Gasteiger charge is 2.30. The topological polar surface area (TPSA) is 64.0 Å². The molecule has 0 fully saturated rings. The first-order valence-electron chi connectivity index (χ1n) is 9.09. The first-order chi connectivity index (χ1) is 15.2. The molecule has 5 nitrogen and oxygen atoms in total. The van der Waals surface area contributed by atoms with Gasteiger partial charge in [0.15, 0.2) is 5.16 Å². The van der Waals surface area contributed by atoms with E-state index in [-0.39, 0.29) is 22.3 Å². The summed E-state index contributed by atoms with van der Waals surface area (Å²) >= 11 is 2.04. The van der Waals surface area contributed by atoms with Crippen molar-refractivity contribution in [2.24, 2.45) is 0 Å². The molecular weight excluding hydrogens is 466 g/mol. The zero-order chi connectivity index (χ0) is 22.9. The fourth-order valence-corrected chi connectivity index (χ4v) is 4.50. The molecule has 0 bridgehead atoms. The first-order valence-corrected chi connectivity index (χ1v) is 11.0. The quantitative estimate of drug-likeness (QED) is 0.239. The van der Waals surface area contributed by atoms with Crippen molar-refractivity contribution < 1.29 is 22.4 Å². The number of fused-ring (bicyclic) bond motifs is 1. The predicted octanol–water partition coefficient (Wildman–Crippen LogP) is 5.34. The number of alkyl halides is 3. The average Bonchev–Trinajstić information content (AvgIpc) is 3.22. The molecule has 0 spiro atoms. The van der Waals surface area contributed by atoms with Gasteiger partial charge in [0, 0.05) is 5.69 Å². The molecule has 32 heavy (non-hydrogen) atoms. The molecule has 0 aliphatic carbocycles. The van der Waals surface area contributed by atoms with Crippen LogP contribution in [0.25, 0.3) is 15.9 Å². The monoisotopic (exact) mass is 479 g/mol. The molecule has 2 heterocycles. The highest BCUT2D eigenvalue weighted by Crippen LogP contribution is 2.31. The Balaban J connectivity index is 1.61. The minimum Gasteiger partial charge on any atom is -0.325 e. The molecule has 1 N–H and O–H groups in total. The second-order valence-corrected chi connectivity index (χ2v) is 8.40.